The maximum atomic E-state index is 12.5. The first-order chi connectivity index (χ1) is 20.8. The number of esters is 2. The molecule has 43 heavy (non-hydrogen) atoms. The van der Waals surface area contributed by atoms with Gasteiger partial charge >= 0.3 is 11.9 Å². The largest absolute Gasteiger partial charge is 0.494 e. The highest BCUT2D eigenvalue weighted by Crippen LogP contribution is 2.34. The van der Waals surface area contributed by atoms with Crippen LogP contribution in [-0.4, -0.2) is 56.7 Å². The summed E-state index contributed by atoms with van der Waals surface area (Å²) in [4.78, 5) is 23.9. The van der Waals surface area contributed by atoms with E-state index in [-0.39, 0.29) is 24.1 Å². The first-order valence-electron chi connectivity index (χ1n) is 14.9. The fourth-order valence-corrected chi connectivity index (χ4v) is 4.94. The summed E-state index contributed by atoms with van der Waals surface area (Å²) >= 11 is 0. The number of ether oxygens (including phenoxy) is 5. The summed E-state index contributed by atoms with van der Waals surface area (Å²) in [6.07, 6.45) is 10.2. The molecule has 2 aliphatic rings. The zero-order valence-electron chi connectivity index (χ0n) is 25.2. The Balaban J connectivity index is 1.13. The van der Waals surface area contributed by atoms with Crippen LogP contribution in [0.2, 0.25) is 0 Å². The summed E-state index contributed by atoms with van der Waals surface area (Å²) in [5, 5.41) is 0. The molecule has 0 spiro atoms. The molecule has 0 amide bonds. The highest BCUT2D eigenvalue weighted by atomic mass is 16.6. The Morgan fingerprint density at radius 1 is 0.837 bits per heavy atom. The van der Waals surface area contributed by atoms with Gasteiger partial charge in [0.25, 0.3) is 0 Å². The van der Waals surface area contributed by atoms with E-state index < -0.39 is 12.1 Å². The Labute approximate surface area is 254 Å². The average Bonchev–Trinajstić information content (AvgIpc) is 3.59. The summed E-state index contributed by atoms with van der Waals surface area (Å²) in [7, 11) is 0. The molecule has 228 valence electrons. The van der Waals surface area contributed by atoms with Gasteiger partial charge in [0, 0.05) is 17.6 Å². The van der Waals surface area contributed by atoms with Crippen LogP contribution in [0.15, 0.2) is 79.4 Å². The van der Waals surface area contributed by atoms with E-state index in [1.54, 1.807) is 13.0 Å². The van der Waals surface area contributed by atoms with Crippen molar-refractivity contribution >= 4 is 29.7 Å². The molecule has 0 aliphatic carbocycles. The van der Waals surface area contributed by atoms with Gasteiger partial charge in [-0.1, -0.05) is 67.3 Å². The van der Waals surface area contributed by atoms with E-state index in [1.807, 2.05) is 31.2 Å². The molecule has 2 aliphatic heterocycles. The molecule has 0 aromatic heterocycles. The molecule has 2 aromatic rings. The maximum absolute atomic E-state index is 12.5. The molecule has 4 atom stereocenters. The maximum Gasteiger partial charge on any atom is 0.333 e. The number of rotatable bonds is 15. The van der Waals surface area contributed by atoms with Crippen molar-refractivity contribution in [2.75, 3.05) is 26.4 Å². The lowest BCUT2D eigenvalue weighted by molar-refractivity contribution is -0.147. The summed E-state index contributed by atoms with van der Waals surface area (Å²) in [6.45, 7) is 13.1. The van der Waals surface area contributed by atoms with Gasteiger partial charge in [0.05, 0.1) is 32.5 Å². The minimum absolute atomic E-state index is 0.101. The fraction of sp³-hybridized carbons (Fsp3) is 0.389. The van der Waals surface area contributed by atoms with Crippen molar-refractivity contribution in [1.82, 2.24) is 0 Å². The normalized spacial score (nSPS) is 21.2. The second-order valence-electron chi connectivity index (χ2n) is 11.1. The second kappa shape index (κ2) is 16.1. The molecule has 0 bridgehead atoms. The molecule has 0 unspecified atom stereocenters. The number of hydrogen-bond donors (Lipinski definition) is 0. The third-order valence-corrected chi connectivity index (χ3v) is 7.43. The van der Waals surface area contributed by atoms with Crippen molar-refractivity contribution in [2.24, 2.45) is 5.92 Å². The van der Waals surface area contributed by atoms with Crippen LogP contribution in [0.1, 0.15) is 56.2 Å². The lowest BCUT2D eigenvalue weighted by atomic mass is 9.99. The van der Waals surface area contributed by atoms with E-state index in [4.69, 9.17) is 23.7 Å². The summed E-state index contributed by atoms with van der Waals surface area (Å²) in [5.41, 5.74) is 4.56. The van der Waals surface area contributed by atoms with Crippen LogP contribution in [0.25, 0.3) is 17.7 Å². The van der Waals surface area contributed by atoms with Crippen LogP contribution < -0.4 is 4.74 Å². The van der Waals surface area contributed by atoms with Crippen molar-refractivity contribution in [2.45, 2.75) is 57.8 Å². The van der Waals surface area contributed by atoms with Gasteiger partial charge in [0.2, 0.25) is 0 Å². The molecular formula is C36H42O7. The van der Waals surface area contributed by atoms with Gasteiger partial charge in [-0.15, -0.1) is 0 Å². The zero-order chi connectivity index (χ0) is 30.6. The first-order valence-corrected chi connectivity index (χ1v) is 14.9. The standard InChI is InChI=1S/C36H42O7/c1-25(2)29-15-9-27(10-16-29)11-17-30-23-41-35-32(24-42-34(30)35)43-33(37)20-14-28-12-18-31(19-13-28)39-21-7-5-6-8-22-40-36(38)26(3)4/h9-20,30,32,34-35H,1,3,5-8,21-24H2,2,4H3/b17-11?,20-14+/t30-,32-,34-,35-/m1/s1. The summed E-state index contributed by atoms with van der Waals surface area (Å²) in [5.74, 6) is 0.113. The third kappa shape index (κ3) is 9.80. The molecule has 4 rings (SSSR count). The lowest BCUT2D eigenvalue weighted by Crippen LogP contribution is -2.32. The molecule has 0 saturated carbocycles. The van der Waals surface area contributed by atoms with Crippen LogP contribution in [0, 0.1) is 5.92 Å². The number of hydrogen-bond acceptors (Lipinski definition) is 7. The predicted molar refractivity (Wildman–Crippen MR) is 168 cm³/mol. The van der Waals surface area contributed by atoms with Gasteiger partial charge in [-0.25, -0.2) is 9.59 Å². The Morgan fingerprint density at radius 2 is 1.49 bits per heavy atom. The van der Waals surface area contributed by atoms with E-state index >= 15 is 0 Å². The Kier molecular flexibility index (Phi) is 11.9. The van der Waals surface area contributed by atoms with Crippen molar-refractivity contribution in [1.29, 1.82) is 0 Å². The van der Waals surface area contributed by atoms with Crippen LogP contribution in [0.5, 0.6) is 5.75 Å². The number of benzene rings is 2. The minimum atomic E-state index is -0.433. The van der Waals surface area contributed by atoms with E-state index in [1.165, 1.54) is 6.08 Å². The van der Waals surface area contributed by atoms with Gasteiger partial charge in [-0.3, -0.25) is 0 Å². The van der Waals surface area contributed by atoms with Crippen LogP contribution >= 0.6 is 0 Å². The number of fused-ring (bicyclic) bond motifs is 1. The predicted octanol–water partition coefficient (Wildman–Crippen LogP) is 6.83. The second-order valence-corrected chi connectivity index (χ2v) is 11.1. The Bertz CT molecular complexity index is 1310. The monoisotopic (exact) mass is 586 g/mol. The van der Waals surface area contributed by atoms with Gasteiger partial charge in [0.15, 0.2) is 6.10 Å². The van der Waals surface area contributed by atoms with Crippen LogP contribution in [0.3, 0.4) is 0 Å². The molecule has 2 heterocycles. The summed E-state index contributed by atoms with van der Waals surface area (Å²) in [6, 6.07) is 15.8. The van der Waals surface area contributed by atoms with Crippen LogP contribution in [-0.2, 0) is 28.5 Å². The topological polar surface area (TPSA) is 80.3 Å². The fourth-order valence-electron chi connectivity index (χ4n) is 4.94. The molecule has 0 radical (unpaired) electrons. The van der Waals surface area contributed by atoms with Crippen LogP contribution in [0.4, 0.5) is 0 Å². The van der Waals surface area contributed by atoms with E-state index in [0.717, 1.165) is 53.7 Å². The molecule has 0 N–H and O–H groups in total. The van der Waals surface area contributed by atoms with E-state index in [9.17, 15) is 9.59 Å². The Morgan fingerprint density at radius 3 is 2.19 bits per heavy atom. The first kappa shape index (κ1) is 32.0. The highest BCUT2D eigenvalue weighted by molar-refractivity contribution is 5.87. The van der Waals surface area contributed by atoms with Gasteiger partial charge < -0.3 is 23.7 Å². The molecule has 7 nitrogen and oxygen atoms in total. The van der Waals surface area contributed by atoms with Gasteiger partial charge in [-0.2, -0.15) is 0 Å². The van der Waals surface area contributed by atoms with Crippen molar-refractivity contribution in [3.63, 3.8) is 0 Å². The molecular weight excluding hydrogens is 544 g/mol. The summed E-state index contributed by atoms with van der Waals surface area (Å²) < 4.78 is 28.5. The highest BCUT2D eigenvalue weighted by Gasteiger charge is 2.48. The minimum Gasteiger partial charge on any atom is -0.494 e. The zero-order valence-corrected chi connectivity index (χ0v) is 25.2. The Hall–Kier alpha value is -3.94. The SMILES string of the molecule is C=C(C)C(=O)OCCCCCCOc1ccc(/C=C/C(=O)O[C@@H]2CO[C@H]3[C@@H]2OC[C@H]3C=Cc2ccc(C(=C)C)cc2)cc1. The lowest BCUT2D eigenvalue weighted by Gasteiger charge is -2.15. The average molecular weight is 587 g/mol. The molecule has 7 heteroatoms. The number of carbonyl (C=O) groups is 2. The smallest absolute Gasteiger partial charge is 0.333 e. The van der Waals surface area contributed by atoms with E-state index in [2.05, 4.69) is 49.6 Å². The molecule has 2 fully saturated rings. The number of carbonyl (C=O) groups excluding carboxylic acids is 2. The van der Waals surface area contributed by atoms with E-state index in [0.29, 0.717) is 32.0 Å². The van der Waals surface area contributed by atoms with Crippen molar-refractivity contribution in [3.8, 4) is 5.75 Å². The number of allylic oxidation sites excluding steroid dienone is 1. The quantitative estimate of drug-likeness (QED) is 0.129. The van der Waals surface area contributed by atoms with Crippen molar-refractivity contribution < 1.29 is 33.3 Å². The molecule has 2 aromatic carbocycles. The van der Waals surface area contributed by atoms with Gasteiger partial charge in [-0.05, 0) is 74.4 Å². The third-order valence-electron chi connectivity index (χ3n) is 7.43. The van der Waals surface area contributed by atoms with Gasteiger partial charge in [0.1, 0.15) is 11.9 Å². The molecule has 2 saturated heterocycles. The van der Waals surface area contributed by atoms with Crippen molar-refractivity contribution in [3.05, 3.63) is 96.1 Å². The number of unbranched alkanes of at least 4 members (excludes halogenated alkanes) is 3.